The molecule has 1 atom stereocenters. The molecule has 2 rings (SSSR count). The third-order valence-corrected chi connectivity index (χ3v) is 4.31. The van der Waals surface area contributed by atoms with Crippen molar-refractivity contribution in [1.82, 2.24) is 4.90 Å². The van der Waals surface area contributed by atoms with Gasteiger partial charge in [-0.1, -0.05) is 6.92 Å². The summed E-state index contributed by atoms with van der Waals surface area (Å²) in [6.07, 6.45) is 1.69. The molecular weight excluding hydrogens is 298 g/mol. The highest BCUT2D eigenvalue weighted by Crippen LogP contribution is 2.25. The second kappa shape index (κ2) is 8.24. The van der Waals surface area contributed by atoms with E-state index < -0.39 is 11.0 Å². The maximum Gasteiger partial charge on any atom is 0.292 e. The van der Waals surface area contributed by atoms with Crippen LogP contribution in [0.3, 0.4) is 0 Å². The van der Waals surface area contributed by atoms with Crippen LogP contribution in [0, 0.1) is 16.0 Å². The standard InChI is InChI=1S/C16H25N3O4/c1-12-4-6-18(7-5-12)10-14(21)9-17-15-8-13(11-20)2-3-16(15)19(22)23/h2-3,8,12,14,17,20-21H,4-7,9-11H2,1H3. The maximum atomic E-state index is 11.0. The molecule has 23 heavy (non-hydrogen) atoms. The Balaban J connectivity index is 1.90. The summed E-state index contributed by atoms with van der Waals surface area (Å²) in [4.78, 5) is 12.8. The van der Waals surface area contributed by atoms with E-state index in [1.165, 1.54) is 12.1 Å². The van der Waals surface area contributed by atoms with Gasteiger partial charge in [-0.3, -0.25) is 10.1 Å². The molecule has 1 aliphatic heterocycles. The number of aliphatic hydroxyl groups excluding tert-OH is 2. The predicted molar refractivity (Wildman–Crippen MR) is 88.4 cm³/mol. The minimum atomic E-state index is -0.596. The zero-order valence-electron chi connectivity index (χ0n) is 13.4. The average Bonchev–Trinajstić information content (AvgIpc) is 2.54. The van der Waals surface area contributed by atoms with Crippen molar-refractivity contribution in [3.63, 3.8) is 0 Å². The number of hydrogen-bond donors (Lipinski definition) is 3. The average molecular weight is 323 g/mol. The summed E-state index contributed by atoms with van der Waals surface area (Å²) in [6.45, 7) is 4.83. The number of anilines is 1. The molecule has 0 spiro atoms. The molecule has 1 unspecified atom stereocenters. The van der Waals surface area contributed by atoms with Crippen molar-refractivity contribution in [2.45, 2.75) is 32.5 Å². The molecular formula is C16H25N3O4. The number of nitrogens with one attached hydrogen (secondary N) is 1. The molecule has 7 heteroatoms. The number of likely N-dealkylation sites (tertiary alicyclic amines) is 1. The van der Waals surface area contributed by atoms with Crippen LogP contribution < -0.4 is 5.32 Å². The van der Waals surface area contributed by atoms with Crippen molar-refractivity contribution in [2.75, 3.05) is 31.5 Å². The number of benzene rings is 1. The van der Waals surface area contributed by atoms with Gasteiger partial charge in [0.05, 0.1) is 17.6 Å². The highest BCUT2D eigenvalue weighted by molar-refractivity contribution is 5.62. The van der Waals surface area contributed by atoms with Crippen LogP contribution in [-0.4, -0.2) is 52.3 Å². The summed E-state index contributed by atoms with van der Waals surface area (Å²) < 4.78 is 0. The Morgan fingerprint density at radius 2 is 2.13 bits per heavy atom. The molecule has 3 N–H and O–H groups in total. The summed E-state index contributed by atoms with van der Waals surface area (Å²) in [5.41, 5.74) is 0.867. The van der Waals surface area contributed by atoms with E-state index >= 15 is 0 Å². The lowest BCUT2D eigenvalue weighted by atomic mass is 9.99. The fourth-order valence-corrected chi connectivity index (χ4v) is 2.82. The third kappa shape index (κ3) is 5.16. The molecule has 0 aromatic heterocycles. The Morgan fingerprint density at radius 1 is 1.43 bits per heavy atom. The van der Waals surface area contributed by atoms with Crippen molar-refractivity contribution in [2.24, 2.45) is 5.92 Å². The Labute approximate surface area is 136 Å². The smallest absolute Gasteiger partial charge is 0.292 e. The summed E-state index contributed by atoms with van der Waals surface area (Å²) >= 11 is 0. The number of nitro benzene ring substituents is 1. The number of aliphatic hydroxyl groups is 2. The number of nitrogens with zero attached hydrogens (tertiary/aromatic N) is 2. The van der Waals surface area contributed by atoms with Crippen LogP contribution in [0.25, 0.3) is 0 Å². The zero-order chi connectivity index (χ0) is 16.8. The van der Waals surface area contributed by atoms with Gasteiger partial charge in [0.1, 0.15) is 5.69 Å². The topological polar surface area (TPSA) is 98.9 Å². The number of rotatable bonds is 7. The van der Waals surface area contributed by atoms with Gasteiger partial charge in [0, 0.05) is 19.2 Å². The summed E-state index contributed by atoms with van der Waals surface area (Å²) in [7, 11) is 0. The number of hydrogen-bond acceptors (Lipinski definition) is 6. The number of piperidine rings is 1. The van der Waals surface area contributed by atoms with Crippen LogP contribution in [0.4, 0.5) is 11.4 Å². The zero-order valence-corrected chi connectivity index (χ0v) is 13.4. The second-order valence-electron chi connectivity index (χ2n) is 6.28. The van der Waals surface area contributed by atoms with E-state index in [1.807, 2.05) is 0 Å². The highest BCUT2D eigenvalue weighted by Gasteiger charge is 2.19. The largest absolute Gasteiger partial charge is 0.392 e. The molecule has 0 amide bonds. The fraction of sp³-hybridized carbons (Fsp3) is 0.625. The van der Waals surface area contributed by atoms with Crippen molar-refractivity contribution < 1.29 is 15.1 Å². The molecule has 1 heterocycles. The molecule has 1 aromatic carbocycles. The molecule has 0 bridgehead atoms. The lowest BCUT2D eigenvalue weighted by Crippen LogP contribution is -2.40. The van der Waals surface area contributed by atoms with Gasteiger partial charge in [-0.15, -0.1) is 0 Å². The van der Waals surface area contributed by atoms with Gasteiger partial charge in [0.25, 0.3) is 5.69 Å². The van der Waals surface area contributed by atoms with E-state index in [1.54, 1.807) is 6.07 Å². The minimum absolute atomic E-state index is 0.0544. The molecule has 1 aromatic rings. The summed E-state index contributed by atoms with van der Waals surface area (Å²) in [5, 5.41) is 33.3. The van der Waals surface area contributed by atoms with Gasteiger partial charge < -0.3 is 20.4 Å². The first-order valence-corrected chi connectivity index (χ1v) is 8.02. The third-order valence-electron chi connectivity index (χ3n) is 4.31. The van der Waals surface area contributed by atoms with Gasteiger partial charge >= 0.3 is 0 Å². The Bertz CT molecular complexity index is 530. The lowest BCUT2D eigenvalue weighted by molar-refractivity contribution is -0.384. The van der Waals surface area contributed by atoms with Crippen LogP contribution in [0.5, 0.6) is 0 Å². The first-order chi connectivity index (χ1) is 11.0. The van der Waals surface area contributed by atoms with Crippen molar-refractivity contribution in [3.05, 3.63) is 33.9 Å². The molecule has 1 saturated heterocycles. The van der Waals surface area contributed by atoms with E-state index in [2.05, 4.69) is 17.1 Å². The normalized spacial score (nSPS) is 17.9. The van der Waals surface area contributed by atoms with Gasteiger partial charge in [-0.25, -0.2) is 0 Å². The van der Waals surface area contributed by atoms with E-state index in [4.69, 9.17) is 5.11 Å². The number of β-amino-alcohol motifs (C(OH)–C–C–N with tert-alkyl or cyclic N) is 1. The molecule has 7 nitrogen and oxygen atoms in total. The highest BCUT2D eigenvalue weighted by atomic mass is 16.6. The van der Waals surface area contributed by atoms with E-state index in [0.717, 1.165) is 31.8 Å². The molecule has 128 valence electrons. The van der Waals surface area contributed by atoms with Gasteiger partial charge in [0.2, 0.25) is 0 Å². The Hall–Kier alpha value is -1.70. The summed E-state index contributed by atoms with van der Waals surface area (Å²) in [6, 6.07) is 4.44. The molecule has 1 aliphatic rings. The van der Waals surface area contributed by atoms with Crippen LogP contribution in [0.2, 0.25) is 0 Å². The lowest BCUT2D eigenvalue weighted by Gasteiger charge is -2.31. The number of nitro groups is 1. The first-order valence-electron chi connectivity index (χ1n) is 8.02. The first kappa shape index (κ1) is 17.7. The SMILES string of the molecule is CC1CCN(CC(O)CNc2cc(CO)ccc2[N+](=O)[O-])CC1. The van der Waals surface area contributed by atoms with E-state index in [9.17, 15) is 15.2 Å². The molecule has 0 aliphatic carbocycles. The van der Waals surface area contributed by atoms with Crippen LogP contribution in [0.1, 0.15) is 25.3 Å². The quantitative estimate of drug-likeness (QED) is 0.520. The van der Waals surface area contributed by atoms with Crippen LogP contribution in [-0.2, 0) is 6.61 Å². The van der Waals surface area contributed by atoms with Crippen molar-refractivity contribution >= 4 is 11.4 Å². The predicted octanol–water partition coefficient (Wildman–Crippen LogP) is 1.59. The Kier molecular flexibility index (Phi) is 6.32. The van der Waals surface area contributed by atoms with E-state index in [-0.39, 0.29) is 18.8 Å². The monoisotopic (exact) mass is 323 g/mol. The van der Waals surface area contributed by atoms with Gasteiger partial charge in [-0.2, -0.15) is 0 Å². The second-order valence-corrected chi connectivity index (χ2v) is 6.28. The molecule has 1 fully saturated rings. The summed E-state index contributed by atoms with van der Waals surface area (Å²) in [5.74, 6) is 0.741. The molecule has 0 radical (unpaired) electrons. The van der Waals surface area contributed by atoms with Gasteiger partial charge in [-0.05, 0) is 49.5 Å². The molecule has 0 saturated carbocycles. The van der Waals surface area contributed by atoms with Crippen molar-refractivity contribution in [3.8, 4) is 0 Å². The fourth-order valence-electron chi connectivity index (χ4n) is 2.82. The maximum absolute atomic E-state index is 11.0. The minimum Gasteiger partial charge on any atom is -0.392 e. The van der Waals surface area contributed by atoms with Gasteiger partial charge in [0.15, 0.2) is 0 Å². The van der Waals surface area contributed by atoms with E-state index in [0.29, 0.717) is 17.8 Å². The Morgan fingerprint density at radius 3 is 2.74 bits per heavy atom. The van der Waals surface area contributed by atoms with Crippen LogP contribution in [0.15, 0.2) is 18.2 Å². The van der Waals surface area contributed by atoms with Crippen molar-refractivity contribution in [1.29, 1.82) is 0 Å². The van der Waals surface area contributed by atoms with Crippen LogP contribution >= 0.6 is 0 Å².